The molecular weight excluding hydrogens is 447 g/mol. The number of anilines is 3. The molecule has 0 aliphatic heterocycles. The van der Waals surface area contributed by atoms with Crippen molar-refractivity contribution in [2.75, 3.05) is 23.3 Å². The molecule has 0 radical (unpaired) electrons. The zero-order valence-electron chi connectivity index (χ0n) is 18.6. The largest absolute Gasteiger partial charge is 0.507 e. The van der Waals surface area contributed by atoms with Gasteiger partial charge in [0.1, 0.15) is 11.4 Å². The fourth-order valence-electron chi connectivity index (χ4n) is 3.22. The van der Waals surface area contributed by atoms with Gasteiger partial charge in [-0.25, -0.2) is 5.43 Å². The first-order chi connectivity index (χ1) is 16.2. The molecule has 0 saturated heterocycles. The van der Waals surface area contributed by atoms with Crippen LogP contribution < -0.4 is 15.6 Å². The van der Waals surface area contributed by atoms with Crippen molar-refractivity contribution in [1.29, 1.82) is 0 Å². The molecule has 3 aromatic rings. The van der Waals surface area contributed by atoms with Crippen LogP contribution in [0.25, 0.3) is 0 Å². The number of halogens is 3. The number of amides is 1. The first kappa shape index (κ1) is 24.6. The van der Waals surface area contributed by atoms with E-state index in [1.807, 2.05) is 19.9 Å². The van der Waals surface area contributed by atoms with E-state index in [-0.39, 0.29) is 17.0 Å². The van der Waals surface area contributed by atoms with Gasteiger partial charge in [-0.1, -0.05) is 6.07 Å². The summed E-state index contributed by atoms with van der Waals surface area (Å²) in [5.41, 5.74) is 3.51. The van der Waals surface area contributed by atoms with Crippen molar-refractivity contribution < 1.29 is 23.1 Å². The van der Waals surface area contributed by atoms with Crippen molar-refractivity contribution in [1.82, 2.24) is 10.4 Å². The Balaban J connectivity index is 1.66. The number of hydrogen-bond donors (Lipinski definition) is 3. The first-order valence-electron chi connectivity index (χ1n) is 10.5. The maximum absolute atomic E-state index is 12.9. The Bertz CT molecular complexity index is 1180. The molecule has 0 atom stereocenters. The van der Waals surface area contributed by atoms with Crippen molar-refractivity contribution in [3.05, 3.63) is 77.6 Å². The number of pyridine rings is 1. The van der Waals surface area contributed by atoms with E-state index < -0.39 is 17.8 Å². The van der Waals surface area contributed by atoms with E-state index in [9.17, 15) is 23.1 Å². The minimum Gasteiger partial charge on any atom is -0.507 e. The minimum absolute atomic E-state index is 0.0316. The van der Waals surface area contributed by atoms with Crippen molar-refractivity contribution in [2.45, 2.75) is 20.0 Å². The molecule has 0 saturated carbocycles. The lowest BCUT2D eigenvalue weighted by Gasteiger charge is -2.21. The summed E-state index contributed by atoms with van der Waals surface area (Å²) in [5.74, 6) is -0.492. The average molecular weight is 471 g/mol. The van der Waals surface area contributed by atoms with Gasteiger partial charge in [-0.3, -0.25) is 9.78 Å². The van der Waals surface area contributed by atoms with Gasteiger partial charge in [0.15, 0.2) is 0 Å². The highest BCUT2D eigenvalue weighted by Gasteiger charge is 2.32. The quantitative estimate of drug-likeness (QED) is 0.312. The van der Waals surface area contributed by atoms with Crippen LogP contribution in [0, 0.1) is 0 Å². The van der Waals surface area contributed by atoms with Crippen LogP contribution in [0.5, 0.6) is 5.75 Å². The zero-order valence-corrected chi connectivity index (χ0v) is 18.6. The molecule has 0 unspecified atom stereocenters. The molecule has 178 valence electrons. The Morgan fingerprint density at radius 1 is 1.09 bits per heavy atom. The molecule has 7 nitrogen and oxygen atoms in total. The summed E-state index contributed by atoms with van der Waals surface area (Å²) < 4.78 is 38.6. The average Bonchev–Trinajstić information content (AvgIpc) is 2.81. The standard InChI is InChI=1S/C24H24F3N5O2/c1-3-32(4-2)20-9-8-17(21(33)14-20)15-29-31-23(34)16-6-5-7-18(12-16)30-19-10-11-28-22(13-19)24(25,26)27/h5-15,33H,3-4H2,1-2H3,(H,28,30)(H,31,34)/b29-15-. The third kappa shape index (κ3) is 6.25. The summed E-state index contributed by atoms with van der Waals surface area (Å²) in [6.45, 7) is 5.65. The number of alkyl halides is 3. The van der Waals surface area contributed by atoms with Gasteiger partial charge in [0.2, 0.25) is 0 Å². The van der Waals surface area contributed by atoms with E-state index in [1.54, 1.807) is 30.3 Å². The van der Waals surface area contributed by atoms with Crippen LogP contribution in [0.2, 0.25) is 0 Å². The van der Waals surface area contributed by atoms with Crippen LogP contribution in [0.1, 0.15) is 35.5 Å². The number of phenolic OH excluding ortho intramolecular Hbond substituents is 1. The molecule has 1 aromatic heterocycles. The number of nitrogens with zero attached hydrogens (tertiary/aromatic N) is 3. The molecule has 3 N–H and O–H groups in total. The van der Waals surface area contributed by atoms with E-state index in [4.69, 9.17) is 0 Å². The zero-order chi connectivity index (χ0) is 24.7. The van der Waals surface area contributed by atoms with Gasteiger partial charge in [-0.05, 0) is 56.3 Å². The molecule has 0 bridgehead atoms. The number of rotatable bonds is 8. The minimum atomic E-state index is -4.56. The summed E-state index contributed by atoms with van der Waals surface area (Å²) in [7, 11) is 0. The topological polar surface area (TPSA) is 89.9 Å². The van der Waals surface area contributed by atoms with E-state index in [0.29, 0.717) is 11.3 Å². The lowest BCUT2D eigenvalue weighted by Crippen LogP contribution is -2.21. The third-order valence-corrected chi connectivity index (χ3v) is 4.98. The van der Waals surface area contributed by atoms with Crippen molar-refractivity contribution in [2.24, 2.45) is 5.10 Å². The molecule has 0 aliphatic carbocycles. The Hall–Kier alpha value is -4.08. The molecule has 0 spiro atoms. The normalized spacial score (nSPS) is 11.4. The molecule has 2 aromatic carbocycles. The second kappa shape index (κ2) is 10.7. The number of aromatic hydroxyl groups is 1. The number of carbonyl (C=O) groups is 1. The van der Waals surface area contributed by atoms with E-state index in [0.717, 1.165) is 31.0 Å². The number of benzene rings is 2. The van der Waals surface area contributed by atoms with Gasteiger partial charge in [-0.2, -0.15) is 18.3 Å². The van der Waals surface area contributed by atoms with Crippen LogP contribution in [-0.4, -0.2) is 35.3 Å². The van der Waals surface area contributed by atoms with E-state index in [1.165, 1.54) is 18.3 Å². The highest BCUT2D eigenvalue weighted by atomic mass is 19.4. The molecule has 0 fully saturated rings. The smallest absolute Gasteiger partial charge is 0.433 e. The SMILES string of the molecule is CCN(CC)c1ccc(/C=N\NC(=O)c2cccc(Nc3ccnc(C(F)(F)F)c3)c2)c(O)c1. The lowest BCUT2D eigenvalue weighted by atomic mass is 10.2. The van der Waals surface area contributed by atoms with Gasteiger partial charge in [-0.15, -0.1) is 0 Å². The van der Waals surface area contributed by atoms with Gasteiger partial charge in [0.25, 0.3) is 5.91 Å². The third-order valence-electron chi connectivity index (χ3n) is 4.98. The Kier molecular flexibility index (Phi) is 7.72. The maximum Gasteiger partial charge on any atom is 0.433 e. The fourth-order valence-corrected chi connectivity index (χ4v) is 3.22. The fraction of sp³-hybridized carbons (Fsp3) is 0.208. The highest BCUT2D eigenvalue weighted by Crippen LogP contribution is 2.29. The lowest BCUT2D eigenvalue weighted by molar-refractivity contribution is -0.141. The van der Waals surface area contributed by atoms with Gasteiger partial charge in [0, 0.05) is 53.5 Å². The highest BCUT2D eigenvalue weighted by molar-refractivity contribution is 5.96. The molecule has 1 amide bonds. The molecule has 10 heteroatoms. The van der Waals surface area contributed by atoms with Crippen LogP contribution in [0.3, 0.4) is 0 Å². The summed E-state index contributed by atoms with van der Waals surface area (Å²) in [6, 6.07) is 13.7. The van der Waals surface area contributed by atoms with Crippen molar-refractivity contribution >= 4 is 29.2 Å². The van der Waals surface area contributed by atoms with Crippen LogP contribution in [0.15, 0.2) is 65.9 Å². The summed E-state index contributed by atoms with van der Waals surface area (Å²) in [4.78, 5) is 17.9. The Morgan fingerprint density at radius 2 is 1.82 bits per heavy atom. The number of nitrogens with one attached hydrogen (secondary N) is 2. The van der Waals surface area contributed by atoms with Gasteiger partial charge >= 0.3 is 6.18 Å². The Morgan fingerprint density at radius 3 is 2.50 bits per heavy atom. The number of hydrogen-bond acceptors (Lipinski definition) is 6. The second-order valence-electron chi connectivity index (χ2n) is 7.25. The van der Waals surface area contributed by atoms with Crippen LogP contribution in [0.4, 0.5) is 30.2 Å². The number of phenols is 1. The number of carbonyl (C=O) groups excluding carboxylic acids is 1. The molecule has 34 heavy (non-hydrogen) atoms. The van der Waals surface area contributed by atoms with Crippen LogP contribution in [-0.2, 0) is 6.18 Å². The molecule has 0 aliphatic rings. The van der Waals surface area contributed by atoms with E-state index in [2.05, 4.69) is 25.7 Å². The van der Waals surface area contributed by atoms with Crippen molar-refractivity contribution in [3.8, 4) is 5.75 Å². The summed E-state index contributed by atoms with van der Waals surface area (Å²) in [5, 5.41) is 17.0. The summed E-state index contributed by atoms with van der Waals surface area (Å²) in [6.07, 6.45) is -2.17. The number of hydrazone groups is 1. The number of aromatic nitrogens is 1. The second-order valence-corrected chi connectivity index (χ2v) is 7.25. The first-order valence-corrected chi connectivity index (χ1v) is 10.5. The predicted molar refractivity (Wildman–Crippen MR) is 126 cm³/mol. The van der Waals surface area contributed by atoms with Gasteiger partial charge < -0.3 is 15.3 Å². The maximum atomic E-state index is 12.9. The molecular formula is C24H24F3N5O2. The summed E-state index contributed by atoms with van der Waals surface area (Å²) >= 11 is 0. The van der Waals surface area contributed by atoms with Gasteiger partial charge in [0.05, 0.1) is 6.21 Å². The van der Waals surface area contributed by atoms with E-state index >= 15 is 0 Å². The predicted octanol–water partition coefficient (Wildman–Crippen LogP) is 5.16. The Labute approximate surface area is 194 Å². The van der Waals surface area contributed by atoms with Crippen LogP contribution >= 0.6 is 0 Å². The van der Waals surface area contributed by atoms with Crippen molar-refractivity contribution in [3.63, 3.8) is 0 Å². The monoisotopic (exact) mass is 471 g/mol. The molecule has 1 heterocycles. The molecule has 3 rings (SSSR count).